The molecule has 6 heteroatoms. The number of thiazole rings is 1. The zero-order valence-corrected chi connectivity index (χ0v) is 9.48. The summed E-state index contributed by atoms with van der Waals surface area (Å²) < 4.78 is 2.08. The van der Waals surface area contributed by atoms with E-state index in [0.29, 0.717) is 0 Å². The average Bonchev–Trinajstić information content (AvgIpc) is 3.03. The molecule has 1 N–H and O–H groups in total. The molecule has 4 aromatic rings. The van der Waals surface area contributed by atoms with E-state index in [0.717, 1.165) is 27.3 Å². The molecule has 5 nitrogen and oxygen atoms in total. The first-order valence-electron chi connectivity index (χ1n) is 5.13. The van der Waals surface area contributed by atoms with Gasteiger partial charge < -0.3 is 0 Å². The van der Waals surface area contributed by atoms with Gasteiger partial charge in [-0.1, -0.05) is 6.07 Å². The molecule has 0 aliphatic carbocycles. The minimum absolute atomic E-state index is 0.877. The maximum Gasteiger partial charge on any atom is 0.194 e. The number of aromatic nitrogens is 5. The van der Waals surface area contributed by atoms with Crippen molar-refractivity contribution < 1.29 is 0 Å². The van der Waals surface area contributed by atoms with E-state index in [1.807, 2.05) is 30.6 Å². The van der Waals surface area contributed by atoms with Gasteiger partial charge in [-0.25, -0.2) is 4.98 Å². The number of H-pyrrole nitrogens is 1. The number of imidazole rings is 1. The van der Waals surface area contributed by atoms with Crippen LogP contribution in [-0.2, 0) is 0 Å². The molecule has 17 heavy (non-hydrogen) atoms. The van der Waals surface area contributed by atoms with Gasteiger partial charge in [-0.15, -0.1) is 11.3 Å². The Bertz CT molecular complexity index is 809. The molecular formula is C11H7N5S. The number of hydrogen-bond donors (Lipinski definition) is 1. The standard InChI is InChI=1S/C11H7N5S/c1-2-8-9(14-15-13-8)5-7(1)10-6-17-11-12-3-4-16(10)11/h1-6H,(H,13,14,15). The van der Waals surface area contributed by atoms with Crippen LogP contribution in [0.4, 0.5) is 0 Å². The van der Waals surface area contributed by atoms with Crippen molar-refractivity contribution in [2.75, 3.05) is 0 Å². The van der Waals surface area contributed by atoms with Gasteiger partial charge in [0.15, 0.2) is 4.96 Å². The summed E-state index contributed by atoms with van der Waals surface area (Å²) in [7, 11) is 0. The smallest absolute Gasteiger partial charge is 0.194 e. The van der Waals surface area contributed by atoms with Crippen molar-refractivity contribution in [1.29, 1.82) is 0 Å². The maximum atomic E-state index is 4.26. The van der Waals surface area contributed by atoms with E-state index < -0.39 is 0 Å². The van der Waals surface area contributed by atoms with Crippen molar-refractivity contribution in [2.24, 2.45) is 0 Å². The molecule has 1 aromatic carbocycles. The Morgan fingerprint density at radius 3 is 3.12 bits per heavy atom. The van der Waals surface area contributed by atoms with Gasteiger partial charge in [0, 0.05) is 23.3 Å². The summed E-state index contributed by atoms with van der Waals surface area (Å²) in [4.78, 5) is 5.26. The third-order valence-electron chi connectivity index (χ3n) is 2.75. The van der Waals surface area contributed by atoms with E-state index in [1.165, 1.54) is 0 Å². The van der Waals surface area contributed by atoms with Crippen LogP contribution < -0.4 is 0 Å². The lowest BCUT2D eigenvalue weighted by molar-refractivity contribution is 0.959. The minimum Gasteiger partial charge on any atom is -0.290 e. The SMILES string of the molecule is c1cn2c(-c3ccc4n[nH]nc4c3)csc2n1. The van der Waals surface area contributed by atoms with Crippen LogP contribution in [0.1, 0.15) is 0 Å². The first-order chi connectivity index (χ1) is 8.42. The highest BCUT2D eigenvalue weighted by atomic mass is 32.1. The van der Waals surface area contributed by atoms with Crippen LogP contribution in [-0.4, -0.2) is 24.8 Å². The molecule has 0 atom stereocenters. The second-order valence-corrected chi connectivity index (χ2v) is 4.56. The summed E-state index contributed by atoms with van der Waals surface area (Å²) in [5, 5.41) is 12.9. The zero-order valence-electron chi connectivity index (χ0n) is 8.66. The summed E-state index contributed by atoms with van der Waals surface area (Å²) in [6.07, 6.45) is 3.78. The highest BCUT2D eigenvalue weighted by molar-refractivity contribution is 7.15. The fourth-order valence-corrected chi connectivity index (χ4v) is 2.79. The molecule has 0 aliphatic rings. The van der Waals surface area contributed by atoms with Crippen molar-refractivity contribution in [2.45, 2.75) is 0 Å². The van der Waals surface area contributed by atoms with Crippen LogP contribution in [0.3, 0.4) is 0 Å². The molecular weight excluding hydrogens is 234 g/mol. The van der Waals surface area contributed by atoms with Crippen LogP contribution >= 0.6 is 11.3 Å². The van der Waals surface area contributed by atoms with Crippen LogP contribution in [0, 0.1) is 0 Å². The van der Waals surface area contributed by atoms with Crippen LogP contribution in [0.15, 0.2) is 36.0 Å². The highest BCUT2D eigenvalue weighted by Gasteiger charge is 2.08. The Balaban J connectivity index is 2.01. The van der Waals surface area contributed by atoms with Crippen LogP contribution in [0.5, 0.6) is 0 Å². The second-order valence-electron chi connectivity index (χ2n) is 3.73. The number of nitrogens with one attached hydrogen (secondary N) is 1. The molecule has 0 aliphatic heterocycles. The Labute approximate surface area is 99.7 Å². The summed E-state index contributed by atoms with van der Waals surface area (Å²) in [6, 6.07) is 6.04. The molecule has 0 unspecified atom stereocenters. The van der Waals surface area contributed by atoms with Gasteiger partial charge in [0.2, 0.25) is 0 Å². The second kappa shape index (κ2) is 3.14. The Morgan fingerprint density at radius 1 is 1.18 bits per heavy atom. The number of nitrogens with zero attached hydrogens (tertiary/aromatic N) is 4. The highest BCUT2D eigenvalue weighted by Crippen LogP contribution is 2.26. The number of fused-ring (bicyclic) bond motifs is 2. The lowest BCUT2D eigenvalue weighted by Crippen LogP contribution is -1.83. The van der Waals surface area contributed by atoms with E-state index in [2.05, 4.69) is 30.2 Å². The van der Waals surface area contributed by atoms with Crippen molar-refractivity contribution in [3.8, 4) is 11.3 Å². The normalized spacial score (nSPS) is 11.5. The molecule has 0 spiro atoms. The van der Waals surface area contributed by atoms with Gasteiger partial charge in [0.05, 0.1) is 5.69 Å². The van der Waals surface area contributed by atoms with Gasteiger partial charge in [0.25, 0.3) is 0 Å². The Hall–Kier alpha value is -2.21. The first kappa shape index (κ1) is 8.89. The number of rotatable bonds is 1. The molecule has 3 aromatic heterocycles. The van der Waals surface area contributed by atoms with Gasteiger partial charge in [-0.05, 0) is 12.1 Å². The average molecular weight is 241 g/mol. The van der Waals surface area contributed by atoms with E-state index in [9.17, 15) is 0 Å². The molecule has 0 saturated heterocycles. The van der Waals surface area contributed by atoms with Crippen molar-refractivity contribution in [3.63, 3.8) is 0 Å². The van der Waals surface area contributed by atoms with E-state index in [4.69, 9.17) is 0 Å². The molecule has 0 amide bonds. The molecule has 3 heterocycles. The Morgan fingerprint density at radius 2 is 2.12 bits per heavy atom. The van der Waals surface area contributed by atoms with Gasteiger partial charge >= 0.3 is 0 Å². The van der Waals surface area contributed by atoms with Crippen LogP contribution in [0.25, 0.3) is 27.3 Å². The quantitative estimate of drug-likeness (QED) is 0.556. The van der Waals surface area contributed by atoms with E-state index in [-0.39, 0.29) is 0 Å². The predicted octanol–water partition coefficient (Wildman–Crippen LogP) is 2.33. The summed E-state index contributed by atoms with van der Waals surface area (Å²) >= 11 is 1.63. The van der Waals surface area contributed by atoms with E-state index in [1.54, 1.807) is 11.3 Å². The van der Waals surface area contributed by atoms with Crippen molar-refractivity contribution in [3.05, 3.63) is 36.0 Å². The van der Waals surface area contributed by atoms with Crippen molar-refractivity contribution in [1.82, 2.24) is 24.8 Å². The van der Waals surface area contributed by atoms with Crippen molar-refractivity contribution >= 4 is 27.3 Å². The summed E-state index contributed by atoms with van der Waals surface area (Å²) in [6.45, 7) is 0. The third-order valence-corrected chi connectivity index (χ3v) is 3.61. The molecule has 82 valence electrons. The molecule has 0 bridgehead atoms. The fourth-order valence-electron chi connectivity index (χ4n) is 1.93. The fraction of sp³-hybridized carbons (Fsp3) is 0. The third kappa shape index (κ3) is 1.21. The summed E-state index contributed by atoms with van der Waals surface area (Å²) in [5.41, 5.74) is 4.01. The molecule has 0 fully saturated rings. The lowest BCUT2D eigenvalue weighted by Gasteiger charge is -1.98. The van der Waals surface area contributed by atoms with Crippen LogP contribution in [0.2, 0.25) is 0 Å². The Kier molecular flexibility index (Phi) is 1.64. The molecule has 0 saturated carbocycles. The monoisotopic (exact) mass is 241 g/mol. The number of hydrogen-bond acceptors (Lipinski definition) is 4. The molecule has 4 rings (SSSR count). The number of benzene rings is 1. The zero-order chi connectivity index (χ0) is 11.2. The molecule has 0 radical (unpaired) electrons. The number of aromatic amines is 1. The van der Waals surface area contributed by atoms with E-state index >= 15 is 0 Å². The minimum atomic E-state index is 0.877. The predicted molar refractivity (Wildman–Crippen MR) is 66.0 cm³/mol. The lowest BCUT2D eigenvalue weighted by atomic mass is 10.1. The topological polar surface area (TPSA) is 58.9 Å². The first-order valence-corrected chi connectivity index (χ1v) is 6.01. The van der Waals surface area contributed by atoms with Gasteiger partial charge in [0.1, 0.15) is 11.0 Å². The largest absolute Gasteiger partial charge is 0.290 e. The van der Waals surface area contributed by atoms with Gasteiger partial charge in [-0.2, -0.15) is 15.4 Å². The summed E-state index contributed by atoms with van der Waals surface area (Å²) in [5.74, 6) is 0. The maximum absolute atomic E-state index is 4.26. The van der Waals surface area contributed by atoms with Gasteiger partial charge in [-0.3, -0.25) is 4.40 Å².